The number of rotatable bonds is 1. The zero-order valence-corrected chi connectivity index (χ0v) is 13.2. The molecule has 0 aromatic heterocycles. The maximum absolute atomic E-state index is 10.1. The van der Waals surface area contributed by atoms with Gasteiger partial charge in [0, 0.05) is 37.6 Å². The average molecular weight is 316 g/mol. The van der Waals surface area contributed by atoms with Crippen LogP contribution in [0.2, 0.25) is 0 Å². The molecule has 4 heteroatoms. The van der Waals surface area contributed by atoms with Crippen LogP contribution in [0, 0.1) is 36.1 Å². The monoisotopic (exact) mass is 316 g/mol. The Hall–Kier alpha value is -1.06. The maximum Gasteiger partial charge on any atom is 0.162 e. The predicted molar refractivity (Wildman–Crippen MR) is 66.7 cm³/mol. The van der Waals surface area contributed by atoms with Crippen LogP contribution < -0.4 is 0 Å². The van der Waals surface area contributed by atoms with Crippen molar-refractivity contribution >= 4 is 5.69 Å². The van der Waals surface area contributed by atoms with Gasteiger partial charge in [-0.15, -0.1) is 6.07 Å². The van der Waals surface area contributed by atoms with E-state index in [1.165, 1.54) is 11.6 Å². The SMILES string of the molecule is Cc1[c-]cccc1.Cc1c[c-]c([N+](=O)[O-])cc1.[Y]. The topological polar surface area (TPSA) is 43.1 Å². The molecule has 0 amide bonds. The summed E-state index contributed by atoms with van der Waals surface area (Å²) in [4.78, 5) is 9.63. The fourth-order valence-electron chi connectivity index (χ4n) is 1.09. The number of benzene rings is 2. The Morgan fingerprint density at radius 1 is 1.11 bits per heavy atom. The van der Waals surface area contributed by atoms with E-state index in [1.54, 1.807) is 12.1 Å². The van der Waals surface area contributed by atoms with Gasteiger partial charge in [0.2, 0.25) is 0 Å². The van der Waals surface area contributed by atoms with E-state index in [1.807, 2.05) is 38.1 Å². The Morgan fingerprint density at radius 2 is 1.83 bits per heavy atom. The molecule has 2 aromatic carbocycles. The van der Waals surface area contributed by atoms with E-state index < -0.39 is 4.92 Å². The van der Waals surface area contributed by atoms with Crippen LogP contribution in [0.25, 0.3) is 0 Å². The van der Waals surface area contributed by atoms with E-state index in [9.17, 15) is 10.1 Å². The number of hydrogen-bond acceptors (Lipinski definition) is 2. The van der Waals surface area contributed by atoms with Crippen molar-refractivity contribution in [3.05, 3.63) is 75.8 Å². The maximum atomic E-state index is 10.1. The number of aryl methyl sites for hydroxylation is 2. The number of nitro benzene ring substituents is 1. The summed E-state index contributed by atoms with van der Waals surface area (Å²) in [5.41, 5.74) is 2.19. The Labute approximate surface area is 132 Å². The molecule has 0 aliphatic carbocycles. The average Bonchev–Trinajstić information content (AvgIpc) is 2.31. The number of nitrogens with zero attached hydrogens (tertiary/aromatic N) is 1. The minimum atomic E-state index is -0.459. The molecule has 0 unspecified atom stereocenters. The van der Waals surface area contributed by atoms with E-state index in [0.717, 1.165) is 5.56 Å². The molecule has 2 aromatic rings. The largest absolute Gasteiger partial charge is 0.260 e. The van der Waals surface area contributed by atoms with E-state index in [2.05, 4.69) is 12.1 Å². The van der Waals surface area contributed by atoms with Crippen LogP contribution in [-0.2, 0) is 32.7 Å². The van der Waals surface area contributed by atoms with Gasteiger partial charge in [0.05, 0.1) is 0 Å². The first-order chi connectivity index (χ1) is 8.09. The molecular weight excluding hydrogens is 303 g/mol. The fourth-order valence-corrected chi connectivity index (χ4v) is 1.09. The van der Waals surface area contributed by atoms with Crippen LogP contribution in [0.15, 0.2) is 42.5 Å². The van der Waals surface area contributed by atoms with Crippen LogP contribution >= 0.6 is 0 Å². The molecule has 2 rings (SSSR count). The summed E-state index contributed by atoms with van der Waals surface area (Å²) in [6.07, 6.45) is 0. The van der Waals surface area contributed by atoms with E-state index in [0.29, 0.717) is 0 Å². The number of nitro groups is 1. The standard InChI is InChI=1S/C7H6NO2.C7H7.Y/c1-6-2-4-7(5-3-6)8(9)10;1-7-5-3-2-4-6-7;/h2-4H,1H3;2-5H,1H3;/q2*-1;. The molecule has 0 aliphatic rings. The van der Waals surface area contributed by atoms with Crippen molar-refractivity contribution < 1.29 is 37.6 Å². The molecule has 0 saturated heterocycles. The molecule has 0 spiro atoms. The molecule has 0 heterocycles. The summed E-state index contributed by atoms with van der Waals surface area (Å²) in [5.74, 6) is 0. The summed E-state index contributed by atoms with van der Waals surface area (Å²) < 4.78 is 0. The normalized spacial score (nSPS) is 8.56. The molecule has 18 heavy (non-hydrogen) atoms. The predicted octanol–water partition coefficient (Wildman–Crippen LogP) is 3.50. The van der Waals surface area contributed by atoms with Crippen LogP contribution in [0.3, 0.4) is 0 Å². The summed E-state index contributed by atoms with van der Waals surface area (Å²) in [5, 5.41) is 10.1. The van der Waals surface area contributed by atoms with Crippen molar-refractivity contribution in [2.24, 2.45) is 0 Å². The van der Waals surface area contributed by atoms with Gasteiger partial charge in [-0.25, -0.2) is 0 Å². The molecule has 0 atom stereocenters. The molecule has 1 radical (unpaired) electrons. The summed E-state index contributed by atoms with van der Waals surface area (Å²) in [7, 11) is 0. The number of non-ortho nitro benzene ring substituents is 1. The molecule has 0 fully saturated rings. The summed E-state index contributed by atoms with van der Waals surface area (Å²) >= 11 is 0. The second-order valence-electron chi connectivity index (χ2n) is 3.55. The van der Waals surface area contributed by atoms with Gasteiger partial charge in [0.1, 0.15) is 0 Å². The third kappa shape index (κ3) is 6.62. The van der Waals surface area contributed by atoms with Gasteiger partial charge in [-0.05, 0) is 0 Å². The van der Waals surface area contributed by atoms with Crippen molar-refractivity contribution in [3.63, 3.8) is 0 Å². The van der Waals surface area contributed by atoms with Crippen molar-refractivity contribution in [2.75, 3.05) is 0 Å². The van der Waals surface area contributed by atoms with E-state index in [4.69, 9.17) is 0 Å². The van der Waals surface area contributed by atoms with Gasteiger partial charge in [0.25, 0.3) is 0 Å². The van der Waals surface area contributed by atoms with Crippen LogP contribution in [0.5, 0.6) is 0 Å². The van der Waals surface area contributed by atoms with Crippen molar-refractivity contribution in [1.82, 2.24) is 0 Å². The quantitative estimate of drug-likeness (QED) is 0.459. The van der Waals surface area contributed by atoms with Gasteiger partial charge in [-0.3, -0.25) is 10.1 Å². The van der Waals surface area contributed by atoms with E-state index in [-0.39, 0.29) is 38.4 Å². The first-order valence-corrected chi connectivity index (χ1v) is 5.15. The second-order valence-corrected chi connectivity index (χ2v) is 3.55. The van der Waals surface area contributed by atoms with Crippen molar-refractivity contribution in [2.45, 2.75) is 13.8 Å². The Kier molecular flexibility index (Phi) is 8.43. The van der Waals surface area contributed by atoms with Crippen molar-refractivity contribution in [3.8, 4) is 0 Å². The first kappa shape index (κ1) is 16.9. The van der Waals surface area contributed by atoms with E-state index >= 15 is 0 Å². The molecule has 3 nitrogen and oxygen atoms in total. The van der Waals surface area contributed by atoms with Crippen molar-refractivity contribution in [1.29, 1.82) is 0 Å². The summed E-state index contributed by atoms with van der Waals surface area (Å²) in [6, 6.07) is 18.2. The van der Waals surface area contributed by atoms with Gasteiger partial charge >= 0.3 is 0 Å². The fraction of sp³-hybridized carbons (Fsp3) is 0.143. The molecule has 0 aliphatic heterocycles. The Balaban J connectivity index is 0.000000321. The van der Waals surface area contributed by atoms with Crippen LogP contribution in [0.4, 0.5) is 5.69 Å². The molecule has 0 saturated carbocycles. The summed E-state index contributed by atoms with van der Waals surface area (Å²) in [6.45, 7) is 3.89. The zero-order chi connectivity index (χ0) is 12.7. The Bertz CT molecular complexity index is 469. The van der Waals surface area contributed by atoms with Gasteiger partial charge in [-0.1, -0.05) is 19.9 Å². The third-order valence-electron chi connectivity index (χ3n) is 2.01. The second kappa shape index (κ2) is 8.95. The molecule has 0 N–H and O–H groups in total. The molecular formula is C14H13NO2Y-2. The minimum absolute atomic E-state index is 0. The zero-order valence-electron chi connectivity index (χ0n) is 10.4. The van der Waals surface area contributed by atoms with Gasteiger partial charge < -0.3 is 0 Å². The molecule has 91 valence electrons. The molecule has 0 bridgehead atoms. The third-order valence-corrected chi connectivity index (χ3v) is 2.01. The minimum Gasteiger partial charge on any atom is -0.260 e. The van der Waals surface area contributed by atoms with Crippen LogP contribution in [-0.4, -0.2) is 4.92 Å². The Morgan fingerprint density at radius 3 is 2.17 bits per heavy atom. The smallest absolute Gasteiger partial charge is 0.162 e. The van der Waals surface area contributed by atoms with Gasteiger partial charge in [-0.2, -0.15) is 53.6 Å². The first-order valence-electron chi connectivity index (χ1n) is 5.15. The number of hydrogen-bond donors (Lipinski definition) is 0. The van der Waals surface area contributed by atoms with Crippen LogP contribution in [0.1, 0.15) is 11.1 Å². The van der Waals surface area contributed by atoms with Gasteiger partial charge in [0.15, 0.2) is 5.69 Å².